The van der Waals surface area contributed by atoms with E-state index < -0.39 is 0 Å². The van der Waals surface area contributed by atoms with E-state index in [0.717, 1.165) is 16.5 Å². The van der Waals surface area contributed by atoms with Gasteiger partial charge in [0.2, 0.25) is 11.8 Å². The van der Waals surface area contributed by atoms with Gasteiger partial charge in [-0.25, -0.2) is 4.98 Å². The van der Waals surface area contributed by atoms with Gasteiger partial charge in [0, 0.05) is 12.1 Å². The maximum atomic E-state index is 6.04. The molecule has 1 N–H and O–H groups in total. The van der Waals surface area contributed by atoms with Crippen LogP contribution in [0, 0.1) is 6.92 Å². The number of anilines is 1. The lowest BCUT2D eigenvalue weighted by Gasteiger charge is -2.10. The summed E-state index contributed by atoms with van der Waals surface area (Å²) < 4.78 is 5.92. The van der Waals surface area contributed by atoms with Crippen LogP contribution in [0.2, 0.25) is 5.02 Å². The highest BCUT2D eigenvalue weighted by Crippen LogP contribution is 2.30. The highest BCUT2D eigenvalue weighted by atomic mass is 35.5. The van der Waals surface area contributed by atoms with E-state index in [0.29, 0.717) is 22.6 Å². The molecule has 0 unspecified atom stereocenters. The van der Waals surface area contributed by atoms with Crippen molar-refractivity contribution in [1.82, 2.24) is 9.97 Å². The van der Waals surface area contributed by atoms with E-state index in [-0.39, 0.29) is 0 Å². The molecule has 0 atom stereocenters. The van der Waals surface area contributed by atoms with E-state index in [1.807, 2.05) is 49.4 Å². The number of para-hydroxylation sites is 1. The van der Waals surface area contributed by atoms with Crippen LogP contribution < -0.4 is 10.1 Å². The van der Waals surface area contributed by atoms with Crippen LogP contribution in [0.3, 0.4) is 0 Å². The first-order valence-corrected chi connectivity index (χ1v) is 6.94. The maximum absolute atomic E-state index is 6.04. The zero-order valence-electron chi connectivity index (χ0n) is 11.7. The molecule has 4 nitrogen and oxygen atoms in total. The molecule has 0 aliphatic carbocycles. The summed E-state index contributed by atoms with van der Waals surface area (Å²) in [5.41, 5.74) is 1.79. The number of benzene rings is 2. The molecule has 0 radical (unpaired) electrons. The Morgan fingerprint density at radius 2 is 1.90 bits per heavy atom. The summed E-state index contributed by atoms with van der Waals surface area (Å²) in [6.07, 6.45) is 0. The minimum Gasteiger partial charge on any atom is -0.438 e. The topological polar surface area (TPSA) is 47.0 Å². The van der Waals surface area contributed by atoms with Gasteiger partial charge in [0.05, 0.1) is 10.9 Å². The number of halogens is 1. The molecule has 0 aliphatic rings. The number of nitrogens with one attached hydrogen (secondary N) is 1. The Balaban J connectivity index is 2.08. The largest absolute Gasteiger partial charge is 0.438 e. The predicted octanol–water partition coefficient (Wildman–Crippen LogP) is 4.43. The Bertz CT molecular complexity index is 805. The van der Waals surface area contributed by atoms with Crippen LogP contribution in [0.15, 0.2) is 42.5 Å². The maximum Gasteiger partial charge on any atom is 0.231 e. The van der Waals surface area contributed by atoms with Gasteiger partial charge < -0.3 is 10.1 Å². The van der Waals surface area contributed by atoms with Crippen molar-refractivity contribution < 1.29 is 4.74 Å². The molecule has 0 aliphatic heterocycles. The highest BCUT2D eigenvalue weighted by Gasteiger charge is 2.09. The molecule has 0 amide bonds. The van der Waals surface area contributed by atoms with Crippen LogP contribution in [-0.4, -0.2) is 17.0 Å². The fraction of sp³-hybridized carbons (Fsp3) is 0.125. The standard InChI is InChI=1S/C16H14ClN3O/c1-10-9-11(7-8-13(10)17)21-15-12-5-3-4-6-14(12)19-16(18-2)20-15/h3-9H,1-2H3,(H,18,19,20). The van der Waals surface area contributed by atoms with Gasteiger partial charge in [-0.05, 0) is 42.8 Å². The Morgan fingerprint density at radius 1 is 1.10 bits per heavy atom. The number of aryl methyl sites for hydroxylation is 1. The second-order valence-electron chi connectivity index (χ2n) is 4.63. The molecule has 21 heavy (non-hydrogen) atoms. The van der Waals surface area contributed by atoms with E-state index in [4.69, 9.17) is 16.3 Å². The number of rotatable bonds is 3. The Hall–Kier alpha value is -2.33. The Morgan fingerprint density at radius 3 is 2.67 bits per heavy atom. The number of fused-ring (bicyclic) bond motifs is 1. The molecule has 0 saturated carbocycles. The van der Waals surface area contributed by atoms with Crippen molar-refractivity contribution in [3.05, 3.63) is 53.1 Å². The molecule has 3 rings (SSSR count). The minimum absolute atomic E-state index is 0.520. The van der Waals surface area contributed by atoms with Crippen molar-refractivity contribution in [3.8, 4) is 11.6 Å². The molecule has 0 spiro atoms. The summed E-state index contributed by atoms with van der Waals surface area (Å²) in [6.45, 7) is 1.94. The first-order chi connectivity index (χ1) is 10.2. The van der Waals surface area contributed by atoms with Crippen LogP contribution in [0.4, 0.5) is 5.95 Å². The van der Waals surface area contributed by atoms with Crippen LogP contribution in [-0.2, 0) is 0 Å². The fourth-order valence-electron chi connectivity index (χ4n) is 2.03. The quantitative estimate of drug-likeness (QED) is 0.777. The molecule has 0 saturated heterocycles. The van der Waals surface area contributed by atoms with Crippen molar-refractivity contribution >= 4 is 28.5 Å². The van der Waals surface area contributed by atoms with Gasteiger partial charge in [0.15, 0.2) is 0 Å². The van der Waals surface area contributed by atoms with E-state index in [2.05, 4.69) is 15.3 Å². The molecule has 1 heterocycles. The summed E-state index contributed by atoms with van der Waals surface area (Å²) in [5.74, 6) is 1.74. The molecule has 3 aromatic rings. The highest BCUT2D eigenvalue weighted by molar-refractivity contribution is 6.31. The van der Waals surface area contributed by atoms with E-state index >= 15 is 0 Å². The van der Waals surface area contributed by atoms with Crippen molar-refractivity contribution in [2.24, 2.45) is 0 Å². The van der Waals surface area contributed by atoms with E-state index in [1.54, 1.807) is 7.05 Å². The average Bonchev–Trinajstić information content (AvgIpc) is 2.51. The predicted molar refractivity (Wildman–Crippen MR) is 85.3 cm³/mol. The van der Waals surface area contributed by atoms with Crippen LogP contribution in [0.5, 0.6) is 11.6 Å². The van der Waals surface area contributed by atoms with Crippen LogP contribution >= 0.6 is 11.6 Å². The lowest BCUT2D eigenvalue weighted by molar-refractivity contribution is 0.468. The number of aromatic nitrogens is 2. The molecule has 0 bridgehead atoms. The monoisotopic (exact) mass is 299 g/mol. The smallest absolute Gasteiger partial charge is 0.231 e. The Labute approximate surface area is 127 Å². The molecular formula is C16H14ClN3O. The second-order valence-corrected chi connectivity index (χ2v) is 5.04. The fourth-order valence-corrected chi connectivity index (χ4v) is 2.15. The Kier molecular flexibility index (Phi) is 3.62. The van der Waals surface area contributed by atoms with Crippen LogP contribution in [0.25, 0.3) is 10.9 Å². The van der Waals surface area contributed by atoms with Gasteiger partial charge in [-0.2, -0.15) is 4.98 Å². The molecule has 0 fully saturated rings. The average molecular weight is 300 g/mol. The second kappa shape index (κ2) is 5.58. The summed E-state index contributed by atoms with van der Waals surface area (Å²) in [4.78, 5) is 8.79. The van der Waals surface area contributed by atoms with E-state index in [9.17, 15) is 0 Å². The number of ether oxygens (including phenoxy) is 1. The molecule has 5 heteroatoms. The third kappa shape index (κ3) is 2.76. The number of hydrogen-bond donors (Lipinski definition) is 1. The van der Waals surface area contributed by atoms with Gasteiger partial charge >= 0.3 is 0 Å². The zero-order valence-corrected chi connectivity index (χ0v) is 12.5. The molecule has 1 aromatic heterocycles. The van der Waals surface area contributed by atoms with Gasteiger partial charge in [-0.15, -0.1) is 0 Å². The first kappa shape index (κ1) is 13.6. The lowest BCUT2D eigenvalue weighted by atomic mass is 10.2. The number of nitrogens with zero attached hydrogens (tertiary/aromatic N) is 2. The molecular weight excluding hydrogens is 286 g/mol. The number of hydrogen-bond acceptors (Lipinski definition) is 4. The van der Waals surface area contributed by atoms with Crippen molar-refractivity contribution in [3.63, 3.8) is 0 Å². The summed E-state index contributed by atoms with van der Waals surface area (Å²) in [7, 11) is 1.78. The van der Waals surface area contributed by atoms with Gasteiger partial charge in [-0.3, -0.25) is 0 Å². The summed E-state index contributed by atoms with van der Waals surface area (Å²) in [6, 6.07) is 13.3. The van der Waals surface area contributed by atoms with Gasteiger partial charge in [0.1, 0.15) is 5.75 Å². The summed E-state index contributed by atoms with van der Waals surface area (Å²) in [5, 5.41) is 4.52. The lowest BCUT2D eigenvalue weighted by Crippen LogP contribution is -1.99. The van der Waals surface area contributed by atoms with Crippen LogP contribution in [0.1, 0.15) is 5.56 Å². The third-order valence-electron chi connectivity index (χ3n) is 3.14. The van der Waals surface area contributed by atoms with E-state index in [1.165, 1.54) is 0 Å². The van der Waals surface area contributed by atoms with Crippen molar-refractivity contribution in [2.45, 2.75) is 6.92 Å². The first-order valence-electron chi connectivity index (χ1n) is 6.56. The van der Waals surface area contributed by atoms with Crippen molar-refractivity contribution in [2.75, 3.05) is 12.4 Å². The summed E-state index contributed by atoms with van der Waals surface area (Å²) >= 11 is 6.04. The zero-order chi connectivity index (χ0) is 14.8. The third-order valence-corrected chi connectivity index (χ3v) is 3.56. The minimum atomic E-state index is 0.520. The van der Waals surface area contributed by atoms with Gasteiger partial charge in [0.25, 0.3) is 0 Å². The molecule has 106 valence electrons. The van der Waals surface area contributed by atoms with Crippen molar-refractivity contribution in [1.29, 1.82) is 0 Å². The normalized spacial score (nSPS) is 10.6. The SMILES string of the molecule is CNc1nc(Oc2ccc(Cl)c(C)c2)c2ccccc2n1. The molecule has 2 aromatic carbocycles. The van der Waals surface area contributed by atoms with Gasteiger partial charge in [-0.1, -0.05) is 23.7 Å².